The SMILES string of the molecule is C=C(C)C(=O)NCCCN(C)C.O=C(O)O. The smallest absolute Gasteiger partial charge is 0.450 e. The second kappa shape index (κ2) is 9.97. The number of hydrogen-bond acceptors (Lipinski definition) is 3. The lowest BCUT2D eigenvalue weighted by molar-refractivity contribution is -0.117. The van der Waals surface area contributed by atoms with Crippen molar-refractivity contribution in [2.75, 3.05) is 27.2 Å². The van der Waals surface area contributed by atoms with Crippen molar-refractivity contribution in [2.45, 2.75) is 13.3 Å². The van der Waals surface area contributed by atoms with Crippen LogP contribution in [0.1, 0.15) is 13.3 Å². The van der Waals surface area contributed by atoms with Gasteiger partial charge in [-0.25, -0.2) is 4.79 Å². The second-order valence-electron chi connectivity index (χ2n) is 3.48. The van der Waals surface area contributed by atoms with Crippen molar-refractivity contribution in [1.29, 1.82) is 0 Å². The standard InChI is InChI=1S/C9H18N2O.CH2O3/c1-8(2)9(12)10-6-5-7-11(3)4;2-1(3)4/h1,5-7H2,2-4H3,(H,10,12);(H2,2,3,4). The summed E-state index contributed by atoms with van der Waals surface area (Å²) in [5.74, 6) is -0.0474. The highest BCUT2D eigenvalue weighted by Gasteiger charge is 1.99. The topological polar surface area (TPSA) is 89.9 Å². The van der Waals surface area contributed by atoms with E-state index in [-0.39, 0.29) is 5.91 Å². The average Bonchev–Trinajstić information content (AvgIpc) is 2.10. The molecule has 0 aromatic heterocycles. The van der Waals surface area contributed by atoms with Gasteiger partial charge in [-0.05, 0) is 34.0 Å². The van der Waals surface area contributed by atoms with E-state index in [0.29, 0.717) is 5.57 Å². The maximum atomic E-state index is 11.0. The molecule has 0 aromatic carbocycles. The largest absolute Gasteiger partial charge is 0.503 e. The fourth-order valence-corrected chi connectivity index (χ4v) is 0.748. The minimum atomic E-state index is -1.83. The van der Waals surface area contributed by atoms with Gasteiger partial charge in [0.15, 0.2) is 0 Å². The highest BCUT2D eigenvalue weighted by Crippen LogP contribution is 1.86. The van der Waals surface area contributed by atoms with Gasteiger partial charge in [-0.1, -0.05) is 6.58 Å². The Morgan fingerprint density at radius 3 is 2.06 bits per heavy atom. The van der Waals surface area contributed by atoms with Gasteiger partial charge in [-0.3, -0.25) is 4.79 Å². The average molecular weight is 232 g/mol. The Bertz CT molecular complexity index is 235. The fraction of sp³-hybridized carbons (Fsp3) is 0.600. The van der Waals surface area contributed by atoms with E-state index in [9.17, 15) is 4.79 Å². The van der Waals surface area contributed by atoms with Crippen LogP contribution in [0.5, 0.6) is 0 Å². The van der Waals surface area contributed by atoms with Gasteiger partial charge >= 0.3 is 6.16 Å². The van der Waals surface area contributed by atoms with Crippen LogP contribution in [-0.2, 0) is 4.79 Å². The fourth-order valence-electron chi connectivity index (χ4n) is 0.748. The van der Waals surface area contributed by atoms with Crippen molar-refractivity contribution >= 4 is 12.1 Å². The molecule has 1 amide bonds. The molecular formula is C10H20N2O4. The Kier molecular flexibility index (Phi) is 10.5. The van der Waals surface area contributed by atoms with Crippen molar-refractivity contribution < 1.29 is 19.8 Å². The van der Waals surface area contributed by atoms with Gasteiger partial charge in [-0.2, -0.15) is 0 Å². The molecule has 16 heavy (non-hydrogen) atoms. The van der Waals surface area contributed by atoms with Gasteiger partial charge < -0.3 is 20.4 Å². The Labute approximate surface area is 95.6 Å². The quantitative estimate of drug-likeness (QED) is 0.483. The Morgan fingerprint density at radius 2 is 1.75 bits per heavy atom. The first kappa shape index (κ1) is 16.9. The summed E-state index contributed by atoms with van der Waals surface area (Å²) in [7, 11) is 4.03. The summed E-state index contributed by atoms with van der Waals surface area (Å²) in [6.45, 7) is 6.98. The molecule has 0 saturated carbocycles. The van der Waals surface area contributed by atoms with Gasteiger partial charge in [0.25, 0.3) is 0 Å². The van der Waals surface area contributed by atoms with E-state index >= 15 is 0 Å². The molecule has 0 rings (SSSR count). The molecule has 0 aliphatic carbocycles. The number of nitrogens with zero attached hydrogens (tertiary/aromatic N) is 1. The van der Waals surface area contributed by atoms with Gasteiger partial charge in [0, 0.05) is 12.1 Å². The van der Waals surface area contributed by atoms with Crippen molar-refractivity contribution in [3.8, 4) is 0 Å². The molecule has 0 atom stereocenters. The minimum Gasteiger partial charge on any atom is -0.450 e. The van der Waals surface area contributed by atoms with E-state index < -0.39 is 6.16 Å². The summed E-state index contributed by atoms with van der Waals surface area (Å²) in [6, 6.07) is 0. The lowest BCUT2D eigenvalue weighted by Gasteiger charge is -2.09. The summed E-state index contributed by atoms with van der Waals surface area (Å²) in [5, 5.41) is 16.7. The molecule has 0 radical (unpaired) electrons. The van der Waals surface area contributed by atoms with Crippen molar-refractivity contribution in [3.05, 3.63) is 12.2 Å². The van der Waals surface area contributed by atoms with Gasteiger partial charge in [-0.15, -0.1) is 0 Å². The lowest BCUT2D eigenvalue weighted by Crippen LogP contribution is -2.27. The molecule has 0 saturated heterocycles. The summed E-state index contributed by atoms with van der Waals surface area (Å²) in [6.07, 6.45) is -0.855. The Balaban J connectivity index is 0. The van der Waals surface area contributed by atoms with Gasteiger partial charge in [0.2, 0.25) is 5.91 Å². The zero-order valence-electron chi connectivity index (χ0n) is 9.99. The normalized spacial score (nSPS) is 9.00. The molecule has 0 fully saturated rings. The molecule has 0 aliphatic rings. The molecule has 0 aliphatic heterocycles. The molecule has 0 bridgehead atoms. The summed E-state index contributed by atoms with van der Waals surface area (Å²) in [4.78, 5) is 21.6. The first-order chi connectivity index (χ1) is 7.27. The van der Waals surface area contributed by atoms with E-state index in [1.54, 1.807) is 6.92 Å². The number of carbonyl (C=O) groups is 2. The van der Waals surface area contributed by atoms with E-state index in [0.717, 1.165) is 19.5 Å². The van der Waals surface area contributed by atoms with Crippen LogP contribution in [0.3, 0.4) is 0 Å². The molecule has 94 valence electrons. The molecular weight excluding hydrogens is 212 g/mol. The summed E-state index contributed by atoms with van der Waals surface area (Å²) < 4.78 is 0. The predicted octanol–water partition coefficient (Wildman–Crippen LogP) is 0.853. The van der Waals surface area contributed by atoms with Gasteiger partial charge in [0.05, 0.1) is 0 Å². The van der Waals surface area contributed by atoms with E-state index in [2.05, 4.69) is 16.8 Å². The summed E-state index contributed by atoms with van der Waals surface area (Å²) >= 11 is 0. The van der Waals surface area contributed by atoms with Crippen molar-refractivity contribution in [3.63, 3.8) is 0 Å². The summed E-state index contributed by atoms with van der Waals surface area (Å²) in [5.41, 5.74) is 0.569. The number of carboxylic acid groups (broad SMARTS) is 2. The van der Waals surface area contributed by atoms with E-state index in [1.165, 1.54) is 0 Å². The number of rotatable bonds is 5. The highest BCUT2D eigenvalue weighted by atomic mass is 16.6. The number of amides is 1. The van der Waals surface area contributed by atoms with Crippen LogP contribution in [0.2, 0.25) is 0 Å². The highest BCUT2D eigenvalue weighted by molar-refractivity contribution is 5.91. The Morgan fingerprint density at radius 1 is 1.31 bits per heavy atom. The zero-order valence-corrected chi connectivity index (χ0v) is 9.99. The number of nitrogens with one attached hydrogen (secondary N) is 1. The van der Waals surface area contributed by atoms with E-state index in [4.69, 9.17) is 15.0 Å². The lowest BCUT2D eigenvalue weighted by atomic mass is 10.3. The molecule has 3 N–H and O–H groups in total. The van der Waals surface area contributed by atoms with Crippen LogP contribution in [0.15, 0.2) is 12.2 Å². The van der Waals surface area contributed by atoms with Crippen molar-refractivity contribution in [1.82, 2.24) is 10.2 Å². The minimum absolute atomic E-state index is 0.0474. The predicted molar refractivity (Wildman–Crippen MR) is 61.6 cm³/mol. The maximum Gasteiger partial charge on any atom is 0.503 e. The molecule has 0 unspecified atom stereocenters. The van der Waals surface area contributed by atoms with Crippen LogP contribution in [-0.4, -0.2) is 54.4 Å². The first-order valence-electron chi connectivity index (χ1n) is 4.77. The third-order valence-corrected chi connectivity index (χ3v) is 1.46. The molecule has 0 heterocycles. The second-order valence-corrected chi connectivity index (χ2v) is 3.48. The third-order valence-electron chi connectivity index (χ3n) is 1.46. The van der Waals surface area contributed by atoms with E-state index in [1.807, 2.05) is 14.1 Å². The molecule has 0 aromatic rings. The van der Waals surface area contributed by atoms with Crippen LogP contribution in [0.25, 0.3) is 0 Å². The molecule has 6 nitrogen and oxygen atoms in total. The van der Waals surface area contributed by atoms with Crippen LogP contribution < -0.4 is 5.32 Å². The monoisotopic (exact) mass is 232 g/mol. The third kappa shape index (κ3) is 18.3. The number of hydrogen-bond donors (Lipinski definition) is 3. The zero-order chi connectivity index (χ0) is 13.1. The van der Waals surface area contributed by atoms with Crippen LogP contribution in [0, 0.1) is 0 Å². The van der Waals surface area contributed by atoms with Crippen LogP contribution in [0.4, 0.5) is 4.79 Å². The molecule has 0 spiro atoms. The Hall–Kier alpha value is -1.56. The molecule has 6 heteroatoms. The van der Waals surface area contributed by atoms with Crippen molar-refractivity contribution in [2.24, 2.45) is 0 Å². The van der Waals surface area contributed by atoms with Gasteiger partial charge in [0.1, 0.15) is 0 Å². The van der Waals surface area contributed by atoms with Crippen LogP contribution >= 0.6 is 0 Å². The first-order valence-corrected chi connectivity index (χ1v) is 4.77. The number of carbonyl (C=O) groups excluding carboxylic acids is 1. The maximum absolute atomic E-state index is 11.0.